The highest BCUT2D eigenvalue weighted by Gasteiger charge is 2.15. The van der Waals surface area contributed by atoms with Crippen molar-refractivity contribution >= 4 is 17.2 Å². The van der Waals surface area contributed by atoms with Crippen molar-refractivity contribution in [2.24, 2.45) is 0 Å². The summed E-state index contributed by atoms with van der Waals surface area (Å²) >= 11 is 0. The molecule has 0 bridgehead atoms. The molecule has 0 aliphatic rings. The van der Waals surface area contributed by atoms with Gasteiger partial charge in [-0.3, -0.25) is 4.79 Å². The van der Waals surface area contributed by atoms with Crippen LogP contribution in [0.4, 0.5) is 5.82 Å². The van der Waals surface area contributed by atoms with Crippen LogP contribution in [-0.4, -0.2) is 20.4 Å². The summed E-state index contributed by atoms with van der Waals surface area (Å²) in [6.45, 7) is 7.16. The molecule has 0 aliphatic carbocycles. The second kappa shape index (κ2) is 8.11. The Hall–Kier alpha value is -3.47. The highest BCUT2D eigenvalue weighted by molar-refractivity contribution is 5.97. The molecule has 30 heavy (non-hydrogen) atoms. The van der Waals surface area contributed by atoms with E-state index in [1.807, 2.05) is 54.6 Å². The van der Waals surface area contributed by atoms with Crippen LogP contribution in [0.1, 0.15) is 48.0 Å². The molecular formula is C25H26N4O. The van der Waals surface area contributed by atoms with Crippen molar-refractivity contribution in [3.63, 3.8) is 0 Å². The van der Waals surface area contributed by atoms with Gasteiger partial charge in [0.15, 0.2) is 11.4 Å². The standard InChI is InChI=1S/C25H26N4O/c1-25(2,3)20-11-9-19(10-12-20)22(30)15-21-16-24(29-23(28-21)13-14-27-29)26-17-18-7-5-4-6-8-18/h4-14,16,26H,15,17H2,1-3H3. The first-order valence-corrected chi connectivity index (χ1v) is 10.2. The highest BCUT2D eigenvalue weighted by Crippen LogP contribution is 2.23. The minimum absolute atomic E-state index is 0.0563. The summed E-state index contributed by atoms with van der Waals surface area (Å²) < 4.78 is 1.76. The Labute approximate surface area is 176 Å². The Morgan fingerprint density at radius 1 is 1.00 bits per heavy atom. The second-order valence-corrected chi connectivity index (χ2v) is 8.50. The van der Waals surface area contributed by atoms with E-state index in [0.717, 1.165) is 17.2 Å². The molecule has 0 amide bonds. The lowest BCUT2D eigenvalue weighted by Gasteiger charge is -2.19. The van der Waals surface area contributed by atoms with E-state index in [2.05, 4.69) is 48.3 Å². The topological polar surface area (TPSA) is 59.3 Å². The summed E-state index contributed by atoms with van der Waals surface area (Å²) in [7, 11) is 0. The summed E-state index contributed by atoms with van der Waals surface area (Å²) in [5, 5.41) is 7.77. The van der Waals surface area contributed by atoms with Crippen LogP contribution in [-0.2, 0) is 18.4 Å². The van der Waals surface area contributed by atoms with E-state index in [9.17, 15) is 4.79 Å². The van der Waals surface area contributed by atoms with Gasteiger partial charge >= 0.3 is 0 Å². The number of aromatic nitrogens is 3. The van der Waals surface area contributed by atoms with Crippen molar-refractivity contribution in [3.05, 3.63) is 95.3 Å². The van der Waals surface area contributed by atoms with Gasteiger partial charge in [-0.2, -0.15) is 9.61 Å². The Morgan fingerprint density at radius 3 is 2.43 bits per heavy atom. The minimum Gasteiger partial charge on any atom is -0.366 e. The first-order chi connectivity index (χ1) is 14.4. The van der Waals surface area contributed by atoms with E-state index >= 15 is 0 Å². The highest BCUT2D eigenvalue weighted by atomic mass is 16.1. The van der Waals surface area contributed by atoms with Crippen LogP contribution in [0.2, 0.25) is 0 Å². The van der Waals surface area contributed by atoms with E-state index in [-0.39, 0.29) is 17.6 Å². The smallest absolute Gasteiger partial charge is 0.168 e. The molecule has 0 saturated heterocycles. The monoisotopic (exact) mass is 398 g/mol. The molecule has 4 rings (SSSR count). The van der Waals surface area contributed by atoms with Crippen molar-refractivity contribution in [1.82, 2.24) is 14.6 Å². The normalized spacial score (nSPS) is 11.6. The number of carbonyl (C=O) groups excluding carboxylic acids is 1. The number of rotatable bonds is 6. The van der Waals surface area contributed by atoms with Crippen LogP contribution < -0.4 is 5.32 Å². The summed E-state index contributed by atoms with van der Waals surface area (Å²) in [5.41, 5.74) is 4.60. The predicted octanol–water partition coefficient (Wildman–Crippen LogP) is 5.06. The third-order valence-corrected chi connectivity index (χ3v) is 5.14. The molecule has 0 atom stereocenters. The van der Waals surface area contributed by atoms with Gasteiger partial charge in [0.2, 0.25) is 0 Å². The summed E-state index contributed by atoms with van der Waals surface area (Å²) in [6.07, 6.45) is 1.96. The first kappa shape index (κ1) is 19.8. The largest absolute Gasteiger partial charge is 0.366 e. The number of ketones is 1. The summed E-state index contributed by atoms with van der Waals surface area (Å²) in [6, 6.07) is 21.8. The van der Waals surface area contributed by atoms with E-state index in [1.54, 1.807) is 10.7 Å². The molecule has 0 radical (unpaired) electrons. The summed E-state index contributed by atoms with van der Waals surface area (Å²) in [5.74, 6) is 0.876. The van der Waals surface area contributed by atoms with Gasteiger partial charge < -0.3 is 5.32 Å². The Morgan fingerprint density at radius 2 is 1.73 bits per heavy atom. The van der Waals surface area contributed by atoms with Crippen LogP contribution in [0, 0.1) is 0 Å². The van der Waals surface area contributed by atoms with Crippen LogP contribution in [0.25, 0.3) is 5.65 Å². The van der Waals surface area contributed by atoms with Gasteiger partial charge in [0.25, 0.3) is 0 Å². The maximum Gasteiger partial charge on any atom is 0.168 e. The molecule has 0 saturated carbocycles. The second-order valence-electron chi connectivity index (χ2n) is 8.50. The maximum atomic E-state index is 12.9. The number of Topliss-reactive ketones (excluding diaryl/α,β-unsaturated/α-hetero) is 1. The molecule has 5 nitrogen and oxygen atoms in total. The average molecular weight is 399 g/mol. The number of fused-ring (bicyclic) bond motifs is 1. The van der Waals surface area contributed by atoms with Gasteiger partial charge in [0.05, 0.1) is 18.3 Å². The zero-order chi connectivity index (χ0) is 21.1. The molecule has 2 heterocycles. The molecule has 5 heteroatoms. The van der Waals surface area contributed by atoms with Gasteiger partial charge in [-0.05, 0) is 16.5 Å². The van der Waals surface area contributed by atoms with E-state index < -0.39 is 0 Å². The Bertz CT molecular complexity index is 1160. The molecule has 1 N–H and O–H groups in total. The van der Waals surface area contributed by atoms with Crippen LogP contribution in [0.15, 0.2) is 72.9 Å². The fourth-order valence-electron chi connectivity index (χ4n) is 3.39. The molecule has 4 aromatic rings. The first-order valence-electron chi connectivity index (χ1n) is 10.2. The van der Waals surface area contributed by atoms with Crippen LogP contribution in [0.5, 0.6) is 0 Å². The average Bonchev–Trinajstić information content (AvgIpc) is 3.21. The van der Waals surface area contributed by atoms with Crippen molar-refractivity contribution in [2.75, 3.05) is 5.32 Å². The SMILES string of the molecule is CC(C)(C)c1ccc(C(=O)Cc2cc(NCc3ccccc3)n3nccc3n2)cc1. The number of anilines is 1. The molecule has 0 unspecified atom stereocenters. The van der Waals surface area contributed by atoms with Crippen LogP contribution >= 0.6 is 0 Å². The van der Waals surface area contributed by atoms with Crippen LogP contribution in [0.3, 0.4) is 0 Å². The minimum atomic E-state index is 0.0563. The Balaban J connectivity index is 1.54. The molecular weight excluding hydrogens is 372 g/mol. The third-order valence-electron chi connectivity index (χ3n) is 5.14. The quantitative estimate of drug-likeness (QED) is 0.461. The fourth-order valence-corrected chi connectivity index (χ4v) is 3.39. The van der Waals surface area contributed by atoms with E-state index in [4.69, 9.17) is 0 Å². The van der Waals surface area contributed by atoms with Crippen molar-refractivity contribution in [1.29, 1.82) is 0 Å². The lowest BCUT2D eigenvalue weighted by atomic mass is 9.86. The zero-order valence-corrected chi connectivity index (χ0v) is 17.6. The number of nitrogens with one attached hydrogen (secondary N) is 1. The maximum absolute atomic E-state index is 12.9. The molecule has 2 aromatic carbocycles. The predicted molar refractivity (Wildman–Crippen MR) is 120 cm³/mol. The number of hydrogen-bond donors (Lipinski definition) is 1. The number of carbonyl (C=O) groups is 1. The molecule has 2 aromatic heterocycles. The summed E-state index contributed by atoms with van der Waals surface area (Å²) in [4.78, 5) is 17.5. The molecule has 152 valence electrons. The van der Waals surface area contributed by atoms with Gasteiger partial charge in [-0.15, -0.1) is 0 Å². The van der Waals surface area contributed by atoms with Gasteiger partial charge in [-0.1, -0.05) is 75.4 Å². The van der Waals surface area contributed by atoms with Crippen molar-refractivity contribution in [3.8, 4) is 0 Å². The van der Waals surface area contributed by atoms with Gasteiger partial charge in [0, 0.05) is 24.2 Å². The molecule has 0 spiro atoms. The fraction of sp³-hybridized carbons (Fsp3) is 0.240. The van der Waals surface area contributed by atoms with Crippen molar-refractivity contribution in [2.45, 2.75) is 39.2 Å². The van der Waals surface area contributed by atoms with Crippen molar-refractivity contribution < 1.29 is 4.79 Å². The molecule has 0 fully saturated rings. The van der Waals surface area contributed by atoms with E-state index in [1.165, 1.54) is 11.1 Å². The van der Waals surface area contributed by atoms with Gasteiger partial charge in [-0.25, -0.2) is 4.98 Å². The van der Waals surface area contributed by atoms with E-state index in [0.29, 0.717) is 12.1 Å². The lowest BCUT2D eigenvalue weighted by molar-refractivity contribution is 0.0992. The number of nitrogens with zero attached hydrogens (tertiary/aromatic N) is 3. The zero-order valence-electron chi connectivity index (χ0n) is 17.6. The molecule has 0 aliphatic heterocycles. The number of benzene rings is 2. The lowest BCUT2D eigenvalue weighted by Crippen LogP contribution is -2.12. The Kier molecular flexibility index (Phi) is 5.36. The number of hydrogen-bond acceptors (Lipinski definition) is 4. The van der Waals surface area contributed by atoms with Gasteiger partial charge in [0.1, 0.15) is 5.82 Å². The third kappa shape index (κ3) is 4.40.